The van der Waals surface area contributed by atoms with E-state index in [1.54, 1.807) is 0 Å². The van der Waals surface area contributed by atoms with Crippen LogP contribution in [0.15, 0.2) is 60.7 Å². The van der Waals surface area contributed by atoms with E-state index in [9.17, 15) is 10.2 Å². The van der Waals surface area contributed by atoms with Gasteiger partial charge in [0, 0.05) is 6.42 Å². The number of benzene rings is 2. The van der Waals surface area contributed by atoms with Crippen molar-refractivity contribution in [3.8, 4) is 0 Å². The van der Waals surface area contributed by atoms with Gasteiger partial charge in [0.15, 0.2) is 0 Å². The fourth-order valence-corrected chi connectivity index (χ4v) is 3.81. The van der Waals surface area contributed by atoms with Crippen LogP contribution in [0.2, 0.25) is 0 Å². The maximum atomic E-state index is 10.8. The van der Waals surface area contributed by atoms with Gasteiger partial charge in [-0.25, -0.2) is 0 Å². The van der Waals surface area contributed by atoms with Crippen LogP contribution in [0.5, 0.6) is 0 Å². The SMILES string of the molecule is OC(Cc1ccccc1)CC1(O)CCC(c2ccccc2)CC1. The topological polar surface area (TPSA) is 40.5 Å². The monoisotopic (exact) mass is 310 g/mol. The lowest BCUT2D eigenvalue weighted by molar-refractivity contribution is -0.0407. The van der Waals surface area contributed by atoms with E-state index in [1.807, 2.05) is 36.4 Å². The molecular weight excluding hydrogens is 284 g/mol. The molecule has 2 nitrogen and oxygen atoms in total. The van der Waals surface area contributed by atoms with E-state index in [-0.39, 0.29) is 0 Å². The lowest BCUT2D eigenvalue weighted by atomic mass is 9.73. The van der Waals surface area contributed by atoms with Crippen LogP contribution >= 0.6 is 0 Å². The minimum Gasteiger partial charge on any atom is -0.393 e. The normalized spacial score (nSPS) is 25.9. The van der Waals surface area contributed by atoms with E-state index < -0.39 is 11.7 Å². The molecule has 2 aromatic carbocycles. The van der Waals surface area contributed by atoms with Crippen molar-refractivity contribution < 1.29 is 10.2 Å². The van der Waals surface area contributed by atoms with Gasteiger partial charge >= 0.3 is 0 Å². The molecule has 0 aromatic heterocycles. The lowest BCUT2D eigenvalue weighted by Gasteiger charge is -2.37. The molecule has 0 saturated heterocycles. The summed E-state index contributed by atoms with van der Waals surface area (Å²) in [6.45, 7) is 0. The van der Waals surface area contributed by atoms with Crippen molar-refractivity contribution in [2.45, 2.75) is 56.1 Å². The van der Waals surface area contributed by atoms with E-state index in [1.165, 1.54) is 5.56 Å². The molecule has 0 bridgehead atoms. The third kappa shape index (κ3) is 4.43. The van der Waals surface area contributed by atoms with Gasteiger partial charge in [0.1, 0.15) is 0 Å². The highest BCUT2D eigenvalue weighted by Crippen LogP contribution is 2.40. The Kier molecular flexibility index (Phi) is 5.14. The highest BCUT2D eigenvalue weighted by atomic mass is 16.3. The standard InChI is InChI=1S/C21H26O2/c22-20(15-17-7-3-1-4-8-17)16-21(23)13-11-19(12-14-21)18-9-5-2-6-10-18/h1-10,19-20,22-23H,11-16H2. The smallest absolute Gasteiger partial charge is 0.0673 e. The minimum absolute atomic E-state index is 0.476. The van der Waals surface area contributed by atoms with Crippen molar-refractivity contribution in [3.05, 3.63) is 71.8 Å². The molecule has 2 aromatic rings. The van der Waals surface area contributed by atoms with E-state index in [2.05, 4.69) is 24.3 Å². The Morgan fingerprint density at radius 2 is 1.48 bits per heavy atom. The van der Waals surface area contributed by atoms with Crippen molar-refractivity contribution >= 4 is 0 Å². The summed E-state index contributed by atoms with van der Waals surface area (Å²) in [5, 5.41) is 21.2. The van der Waals surface area contributed by atoms with E-state index in [0.29, 0.717) is 18.8 Å². The van der Waals surface area contributed by atoms with Gasteiger partial charge in [-0.2, -0.15) is 0 Å². The Labute approximate surface area is 138 Å². The molecule has 122 valence electrons. The van der Waals surface area contributed by atoms with Gasteiger partial charge in [-0.1, -0.05) is 60.7 Å². The number of hydrogen-bond donors (Lipinski definition) is 2. The van der Waals surface area contributed by atoms with E-state index in [4.69, 9.17) is 0 Å². The summed E-state index contributed by atoms with van der Waals surface area (Å²) in [6.07, 6.45) is 4.17. The highest BCUT2D eigenvalue weighted by Gasteiger charge is 2.35. The third-order valence-electron chi connectivity index (χ3n) is 5.12. The predicted octanol–water partition coefficient (Wildman–Crippen LogP) is 4.07. The maximum absolute atomic E-state index is 10.8. The largest absolute Gasteiger partial charge is 0.393 e. The van der Waals surface area contributed by atoms with Gasteiger partial charge in [0.05, 0.1) is 11.7 Å². The summed E-state index contributed by atoms with van der Waals surface area (Å²) < 4.78 is 0. The van der Waals surface area contributed by atoms with Gasteiger partial charge in [-0.15, -0.1) is 0 Å². The van der Waals surface area contributed by atoms with Crippen LogP contribution < -0.4 is 0 Å². The summed E-state index contributed by atoms with van der Waals surface area (Å²) in [5.41, 5.74) is 1.79. The molecule has 1 aliphatic carbocycles. The number of aliphatic hydroxyl groups is 2. The molecule has 1 atom stereocenters. The molecule has 1 saturated carbocycles. The second-order valence-corrected chi connectivity index (χ2v) is 6.96. The van der Waals surface area contributed by atoms with Crippen molar-refractivity contribution in [2.24, 2.45) is 0 Å². The molecule has 1 aliphatic rings. The van der Waals surface area contributed by atoms with Crippen molar-refractivity contribution in [2.75, 3.05) is 0 Å². The van der Waals surface area contributed by atoms with Crippen LogP contribution in [0.4, 0.5) is 0 Å². The first kappa shape index (κ1) is 16.2. The molecule has 23 heavy (non-hydrogen) atoms. The quantitative estimate of drug-likeness (QED) is 0.874. The summed E-state index contributed by atoms with van der Waals surface area (Å²) >= 11 is 0. The van der Waals surface area contributed by atoms with Gasteiger partial charge in [-0.05, 0) is 49.1 Å². The first-order chi connectivity index (χ1) is 11.1. The summed E-state index contributed by atoms with van der Waals surface area (Å²) in [5.74, 6) is 0.544. The Balaban J connectivity index is 1.53. The fourth-order valence-electron chi connectivity index (χ4n) is 3.81. The van der Waals surface area contributed by atoms with E-state index in [0.717, 1.165) is 31.2 Å². The second kappa shape index (κ2) is 7.29. The number of rotatable bonds is 5. The average Bonchev–Trinajstić information content (AvgIpc) is 2.57. The molecule has 0 radical (unpaired) electrons. The van der Waals surface area contributed by atoms with Gasteiger partial charge in [-0.3, -0.25) is 0 Å². The Morgan fingerprint density at radius 1 is 0.913 bits per heavy atom. The van der Waals surface area contributed by atoms with Crippen LogP contribution in [-0.2, 0) is 6.42 Å². The van der Waals surface area contributed by atoms with E-state index >= 15 is 0 Å². The first-order valence-electron chi connectivity index (χ1n) is 8.64. The maximum Gasteiger partial charge on any atom is 0.0673 e. The first-order valence-corrected chi connectivity index (χ1v) is 8.64. The van der Waals surface area contributed by atoms with Crippen molar-refractivity contribution in [1.82, 2.24) is 0 Å². The van der Waals surface area contributed by atoms with Gasteiger partial charge in [0.25, 0.3) is 0 Å². The zero-order valence-electron chi connectivity index (χ0n) is 13.6. The third-order valence-corrected chi connectivity index (χ3v) is 5.12. The highest BCUT2D eigenvalue weighted by molar-refractivity contribution is 5.20. The Morgan fingerprint density at radius 3 is 2.09 bits per heavy atom. The van der Waals surface area contributed by atoms with Crippen LogP contribution in [0.25, 0.3) is 0 Å². The van der Waals surface area contributed by atoms with Crippen LogP contribution in [0.1, 0.15) is 49.1 Å². The van der Waals surface area contributed by atoms with Crippen LogP contribution in [0, 0.1) is 0 Å². The second-order valence-electron chi connectivity index (χ2n) is 6.96. The zero-order chi connectivity index (χ0) is 16.1. The molecule has 3 rings (SSSR count). The summed E-state index contributed by atoms with van der Waals surface area (Å²) in [4.78, 5) is 0. The lowest BCUT2D eigenvalue weighted by Crippen LogP contribution is -2.37. The number of hydrogen-bond acceptors (Lipinski definition) is 2. The molecular formula is C21H26O2. The Hall–Kier alpha value is -1.64. The summed E-state index contributed by atoms with van der Waals surface area (Å²) in [6, 6.07) is 20.6. The zero-order valence-corrected chi connectivity index (χ0v) is 13.6. The predicted molar refractivity (Wildman–Crippen MR) is 93.4 cm³/mol. The minimum atomic E-state index is -0.709. The fraction of sp³-hybridized carbons (Fsp3) is 0.429. The van der Waals surface area contributed by atoms with Crippen LogP contribution in [-0.4, -0.2) is 21.9 Å². The molecule has 0 amide bonds. The van der Waals surface area contributed by atoms with Crippen molar-refractivity contribution in [3.63, 3.8) is 0 Å². The molecule has 2 N–H and O–H groups in total. The molecule has 0 aliphatic heterocycles. The molecule has 1 fully saturated rings. The average molecular weight is 310 g/mol. The molecule has 0 heterocycles. The molecule has 0 spiro atoms. The van der Waals surface area contributed by atoms with Gasteiger partial charge in [0.2, 0.25) is 0 Å². The Bertz CT molecular complexity index is 586. The molecule has 1 unspecified atom stereocenters. The molecule has 2 heteroatoms. The van der Waals surface area contributed by atoms with Crippen LogP contribution in [0.3, 0.4) is 0 Å². The summed E-state index contributed by atoms with van der Waals surface area (Å²) in [7, 11) is 0. The van der Waals surface area contributed by atoms with Gasteiger partial charge < -0.3 is 10.2 Å². The number of aliphatic hydroxyl groups excluding tert-OH is 1. The van der Waals surface area contributed by atoms with Crippen molar-refractivity contribution in [1.29, 1.82) is 0 Å².